The molecule has 3 aromatic carbocycles. The van der Waals surface area contributed by atoms with Gasteiger partial charge in [0.1, 0.15) is 18.3 Å². The Morgan fingerprint density at radius 2 is 1.60 bits per heavy atom. The lowest BCUT2D eigenvalue weighted by Gasteiger charge is -2.34. The number of halogens is 2. The van der Waals surface area contributed by atoms with Crippen LogP contribution in [0.1, 0.15) is 63.5 Å². The number of ether oxygens (including phenoxy) is 1. The van der Waals surface area contributed by atoms with Gasteiger partial charge >= 0.3 is 0 Å². The van der Waals surface area contributed by atoms with Gasteiger partial charge in [-0.25, -0.2) is 8.42 Å². The molecule has 1 saturated carbocycles. The zero-order chi connectivity index (χ0) is 32.6. The number of carbonyl (C=O) groups excluding carboxylic acids is 2. The van der Waals surface area contributed by atoms with Crippen molar-refractivity contribution >= 4 is 50.7 Å². The van der Waals surface area contributed by atoms with E-state index in [1.54, 1.807) is 54.6 Å². The number of benzene rings is 3. The molecule has 1 N–H and O–H groups in total. The standard InChI is InChI=1S/C34H41Cl2N3O5S/c1-4-32(34(41)37-26-9-7-6-8-10-26)38(22-25-13-20-30(35)31(36)21-25)33(40)23-39(27-14-11-24(3)12-15-27)45(42,43)29-18-16-28(17-19-29)44-5-2/h11-21,26,32H,4-10,22-23H2,1-3H3,(H,37,41)/t32-/m0/s1. The van der Waals surface area contributed by atoms with E-state index < -0.39 is 28.5 Å². The summed E-state index contributed by atoms with van der Waals surface area (Å²) in [4.78, 5) is 29.5. The van der Waals surface area contributed by atoms with Crippen molar-refractivity contribution < 1.29 is 22.7 Å². The van der Waals surface area contributed by atoms with E-state index in [9.17, 15) is 18.0 Å². The molecule has 0 radical (unpaired) electrons. The number of nitrogens with one attached hydrogen (secondary N) is 1. The minimum atomic E-state index is -4.20. The number of carbonyl (C=O) groups is 2. The molecule has 0 spiro atoms. The monoisotopic (exact) mass is 673 g/mol. The second kappa shape index (κ2) is 15.8. The average Bonchev–Trinajstić information content (AvgIpc) is 3.03. The molecule has 2 amide bonds. The maximum Gasteiger partial charge on any atom is 0.264 e. The fourth-order valence-corrected chi connectivity index (χ4v) is 7.27. The summed E-state index contributed by atoms with van der Waals surface area (Å²) in [6, 6.07) is 17.3. The molecule has 0 aliphatic heterocycles. The van der Waals surface area contributed by atoms with Crippen molar-refractivity contribution in [1.29, 1.82) is 0 Å². The number of rotatable bonds is 13. The van der Waals surface area contributed by atoms with Crippen LogP contribution in [0, 0.1) is 6.92 Å². The van der Waals surface area contributed by atoms with Crippen molar-refractivity contribution in [3.63, 3.8) is 0 Å². The summed E-state index contributed by atoms with van der Waals surface area (Å²) in [5, 5.41) is 3.84. The number of sulfonamides is 1. The van der Waals surface area contributed by atoms with E-state index in [2.05, 4.69) is 5.32 Å². The Kier molecular flexibility index (Phi) is 12.2. The molecule has 3 aromatic rings. The second-order valence-corrected chi connectivity index (χ2v) is 14.0. The minimum Gasteiger partial charge on any atom is -0.494 e. The Morgan fingerprint density at radius 1 is 0.933 bits per heavy atom. The van der Waals surface area contributed by atoms with E-state index in [1.165, 1.54) is 17.0 Å². The SMILES string of the molecule is CCOc1ccc(S(=O)(=O)N(CC(=O)N(Cc2ccc(Cl)c(Cl)c2)[C@@H](CC)C(=O)NC2CCCCC2)c2ccc(C)cc2)cc1. The molecule has 4 rings (SSSR count). The molecule has 45 heavy (non-hydrogen) atoms. The summed E-state index contributed by atoms with van der Waals surface area (Å²) in [7, 11) is -4.20. The molecule has 0 saturated heterocycles. The predicted molar refractivity (Wildman–Crippen MR) is 179 cm³/mol. The van der Waals surface area contributed by atoms with Crippen LogP contribution in [0.2, 0.25) is 10.0 Å². The highest BCUT2D eigenvalue weighted by Crippen LogP contribution is 2.28. The maximum atomic E-state index is 14.3. The molecule has 0 bridgehead atoms. The zero-order valence-corrected chi connectivity index (χ0v) is 28.3. The van der Waals surface area contributed by atoms with E-state index in [-0.39, 0.29) is 23.4 Å². The number of nitrogens with zero attached hydrogens (tertiary/aromatic N) is 2. The summed E-state index contributed by atoms with van der Waals surface area (Å²) in [6.45, 7) is 5.55. The Hall–Kier alpha value is -3.27. The van der Waals surface area contributed by atoms with E-state index in [4.69, 9.17) is 27.9 Å². The molecule has 11 heteroatoms. The van der Waals surface area contributed by atoms with E-state index in [1.807, 2.05) is 20.8 Å². The van der Waals surface area contributed by atoms with Crippen LogP contribution in [0.3, 0.4) is 0 Å². The Balaban J connectivity index is 1.71. The number of amides is 2. The van der Waals surface area contributed by atoms with Crippen LogP contribution in [-0.2, 0) is 26.2 Å². The fraction of sp³-hybridized carbons (Fsp3) is 0.412. The third kappa shape index (κ3) is 8.93. The van der Waals surface area contributed by atoms with E-state index in [0.717, 1.165) is 42.0 Å². The fourth-order valence-electron chi connectivity index (χ4n) is 5.54. The summed E-state index contributed by atoms with van der Waals surface area (Å²) < 4.78 is 34.8. The van der Waals surface area contributed by atoms with Crippen LogP contribution in [0.4, 0.5) is 5.69 Å². The van der Waals surface area contributed by atoms with E-state index in [0.29, 0.717) is 40.1 Å². The molecular formula is C34H41Cl2N3O5S. The van der Waals surface area contributed by atoms with Crippen molar-refractivity contribution in [3.8, 4) is 5.75 Å². The second-order valence-electron chi connectivity index (χ2n) is 11.3. The van der Waals surface area contributed by atoms with Crippen LogP contribution in [0.15, 0.2) is 71.6 Å². The minimum absolute atomic E-state index is 0.0115. The van der Waals surface area contributed by atoms with Gasteiger partial charge in [-0.15, -0.1) is 0 Å². The van der Waals surface area contributed by atoms with Crippen LogP contribution < -0.4 is 14.4 Å². The van der Waals surface area contributed by atoms with Gasteiger partial charge in [0.05, 0.1) is 27.2 Å². The Bertz CT molecular complexity index is 1560. The summed E-state index contributed by atoms with van der Waals surface area (Å²) in [6.07, 6.45) is 5.35. The van der Waals surface area contributed by atoms with Crippen molar-refractivity contribution in [2.45, 2.75) is 82.8 Å². The first-order valence-electron chi connectivity index (χ1n) is 15.4. The zero-order valence-electron chi connectivity index (χ0n) is 26.0. The predicted octanol–water partition coefficient (Wildman–Crippen LogP) is 7.15. The van der Waals surface area contributed by atoms with Crippen molar-refractivity contribution in [2.75, 3.05) is 17.5 Å². The van der Waals surface area contributed by atoms with Gasteiger partial charge in [0.25, 0.3) is 10.0 Å². The smallest absolute Gasteiger partial charge is 0.264 e. The third-order valence-corrected chi connectivity index (χ3v) is 10.5. The first-order chi connectivity index (χ1) is 21.5. The average molecular weight is 675 g/mol. The number of aryl methyl sites for hydroxylation is 1. The summed E-state index contributed by atoms with van der Waals surface area (Å²) >= 11 is 12.5. The molecule has 242 valence electrons. The molecule has 0 aromatic heterocycles. The largest absolute Gasteiger partial charge is 0.494 e. The first-order valence-corrected chi connectivity index (χ1v) is 17.6. The van der Waals surface area contributed by atoms with Gasteiger partial charge in [0.2, 0.25) is 11.8 Å². The van der Waals surface area contributed by atoms with Crippen LogP contribution in [0.5, 0.6) is 5.75 Å². The van der Waals surface area contributed by atoms with Gasteiger partial charge < -0.3 is 15.0 Å². The third-order valence-electron chi connectivity index (χ3n) is 8.00. The topological polar surface area (TPSA) is 96.0 Å². The summed E-state index contributed by atoms with van der Waals surface area (Å²) in [5.41, 5.74) is 1.94. The van der Waals surface area contributed by atoms with Crippen LogP contribution in [0.25, 0.3) is 0 Å². The normalized spacial score (nSPS) is 14.4. The van der Waals surface area contributed by atoms with E-state index >= 15 is 0 Å². The van der Waals surface area contributed by atoms with Crippen molar-refractivity contribution in [3.05, 3.63) is 87.9 Å². The Morgan fingerprint density at radius 3 is 2.20 bits per heavy atom. The van der Waals surface area contributed by atoms with Crippen molar-refractivity contribution in [2.24, 2.45) is 0 Å². The highest BCUT2D eigenvalue weighted by atomic mass is 35.5. The van der Waals surface area contributed by atoms with Gasteiger partial charge in [0.15, 0.2) is 0 Å². The van der Waals surface area contributed by atoms with Crippen LogP contribution in [-0.4, -0.2) is 50.4 Å². The molecular weight excluding hydrogens is 633 g/mol. The number of anilines is 1. The Labute approximate surface area is 276 Å². The number of hydrogen-bond donors (Lipinski definition) is 1. The molecule has 8 nitrogen and oxygen atoms in total. The lowest BCUT2D eigenvalue weighted by molar-refractivity contribution is -0.140. The molecule has 1 aliphatic carbocycles. The molecule has 1 atom stereocenters. The van der Waals surface area contributed by atoms with Gasteiger partial charge in [-0.3, -0.25) is 13.9 Å². The first kappa shape index (κ1) is 34.6. The highest BCUT2D eigenvalue weighted by molar-refractivity contribution is 7.92. The van der Waals surface area contributed by atoms with Gasteiger partial charge in [-0.05, 0) is 87.2 Å². The van der Waals surface area contributed by atoms with Gasteiger partial charge in [-0.2, -0.15) is 0 Å². The molecule has 0 heterocycles. The quantitative estimate of drug-likeness (QED) is 0.208. The summed E-state index contributed by atoms with van der Waals surface area (Å²) in [5.74, 6) is -0.243. The van der Waals surface area contributed by atoms with Gasteiger partial charge in [0, 0.05) is 12.6 Å². The van der Waals surface area contributed by atoms with Gasteiger partial charge in [-0.1, -0.05) is 73.2 Å². The lowest BCUT2D eigenvalue weighted by Crippen LogP contribution is -2.54. The molecule has 1 aliphatic rings. The van der Waals surface area contributed by atoms with Crippen LogP contribution >= 0.6 is 23.2 Å². The molecule has 1 fully saturated rings. The number of hydrogen-bond acceptors (Lipinski definition) is 5. The highest BCUT2D eigenvalue weighted by Gasteiger charge is 2.34. The van der Waals surface area contributed by atoms with Crippen molar-refractivity contribution in [1.82, 2.24) is 10.2 Å². The molecule has 0 unspecified atom stereocenters. The maximum absolute atomic E-state index is 14.3. The lowest BCUT2D eigenvalue weighted by atomic mass is 9.95.